The highest BCUT2D eigenvalue weighted by atomic mass is 32.2. The van der Waals surface area contributed by atoms with E-state index < -0.39 is 0 Å². The summed E-state index contributed by atoms with van der Waals surface area (Å²) in [5, 5.41) is 13.5. The number of hydrogen-bond acceptors (Lipinski definition) is 5. The maximum absolute atomic E-state index is 13.8. The van der Waals surface area contributed by atoms with Crippen molar-refractivity contribution in [1.29, 1.82) is 0 Å². The minimum atomic E-state index is -0.207. The Labute approximate surface area is 143 Å². The van der Waals surface area contributed by atoms with Crippen molar-refractivity contribution in [3.05, 3.63) is 41.8 Å². The lowest BCUT2D eigenvalue weighted by molar-refractivity contribution is 0.393. The summed E-state index contributed by atoms with van der Waals surface area (Å²) in [6.45, 7) is 2.71. The highest BCUT2D eigenvalue weighted by Gasteiger charge is 2.19. The zero-order chi connectivity index (χ0) is 17.1. The maximum Gasteiger partial charge on any atom is 0.243 e. The second-order valence-corrected chi connectivity index (χ2v) is 6.10. The summed E-state index contributed by atoms with van der Waals surface area (Å²) < 4.78 is 22.7. The van der Waals surface area contributed by atoms with Gasteiger partial charge in [-0.2, -0.15) is 0 Å². The molecule has 0 radical (unpaired) electrons. The van der Waals surface area contributed by atoms with Crippen LogP contribution in [0.3, 0.4) is 0 Å². The van der Waals surface area contributed by atoms with E-state index in [0.29, 0.717) is 29.6 Å². The lowest BCUT2D eigenvalue weighted by Crippen LogP contribution is -2.00. The lowest BCUT2D eigenvalue weighted by Gasteiger charge is -2.07. The number of thioether (sulfide) groups is 1. The molecule has 0 bridgehead atoms. The van der Waals surface area contributed by atoms with Gasteiger partial charge in [0.15, 0.2) is 11.0 Å². The van der Waals surface area contributed by atoms with Crippen LogP contribution in [0, 0.1) is 5.82 Å². The molecule has 0 spiro atoms. The molecular formula is C16H18FN5OS. The van der Waals surface area contributed by atoms with Crippen LogP contribution in [0.4, 0.5) is 4.39 Å². The van der Waals surface area contributed by atoms with E-state index in [0.717, 1.165) is 10.7 Å². The Kier molecular flexibility index (Phi) is 4.84. The van der Waals surface area contributed by atoms with Gasteiger partial charge in [0.25, 0.3) is 0 Å². The molecule has 3 rings (SSSR count). The average molecular weight is 347 g/mol. The molecule has 0 aliphatic rings. The first-order valence-corrected chi connectivity index (χ1v) is 8.50. The molecule has 0 atom stereocenters. The van der Waals surface area contributed by atoms with Crippen molar-refractivity contribution >= 4 is 11.8 Å². The van der Waals surface area contributed by atoms with E-state index in [-0.39, 0.29) is 5.82 Å². The molecule has 2 aromatic heterocycles. The summed E-state index contributed by atoms with van der Waals surface area (Å²) >= 11 is 1.46. The molecular weight excluding hydrogens is 329 g/mol. The minimum Gasteiger partial charge on any atom is -0.479 e. The summed E-state index contributed by atoms with van der Waals surface area (Å²) in [5.74, 6) is 1.49. The van der Waals surface area contributed by atoms with Crippen LogP contribution >= 0.6 is 11.8 Å². The Morgan fingerprint density at radius 1 is 1.25 bits per heavy atom. The van der Waals surface area contributed by atoms with Crippen LogP contribution in [0.1, 0.15) is 12.5 Å². The van der Waals surface area contributed by atoms with Gasteiger partial charge in [-0.05, 0) is 18.6 Å². The van der Waals surface area contributed by atoms with Gasteiger partial charge in [-0.15, -0.1) is 15.3 Å². The largest absolute Gasteiger partial charge is 0.479 e. The van der Waals surface area contributed by atoms with Gasteiger partial charge in [0, 0.05) is 25.5 Å². The molecule has 0 amide bonds. The van der Waals surface area contributed by atoms with Crippen LogP contribution in [-0.2, 0) is 19.3 Å². The van der Waals surface area contributed by atoms with E-state index in [1.165, 1.54) is 17.8 Å². The van der Waals surface area contributed by atoms with E-state index >= 15 is 0 Å². The number of halogens is 1. The Morgan fingerprint density at radius 2 is 2.04 bits per heavy atom. The Balaban J connectivity index is 1.88. The molecule has 0 saturated heterocycles. The van der Waals surface area contributed by atoms with Gasteiger partial charge in [-0.3, -0.25) is 4.68 Å². The zero-order valence-electron chi connectivity index (χ0n) is 13.7. The summed E-state index contributed by atoms with van der Waals surface area (Å²) in [6.07, 6.45) is 1.85. The van der Waals surface area contributed by atoms with Crippen molar-refractivity contribution in [2.75, 3.05) is 7.11 Å². The Hall–Kier alpha value is -2.35. The van der Waals surface area contributed by atoms with Crippen molar-refractivity contribution in [1.82, 2.24) is 24.5 Å². The van der Waals surface area contributed by atoms with E-state index in [4.69, 9.17) is 4.74 Å². The third kappa shape index (κ3) is 3.14. The van der Waals surface area contributed by atoms with Gasteiger partial charge in [0.2, 0.25) is 5.88 Å². The number of aromatic nitrogens is 5. The van der Waals surface area contributed by atoms with Gasteiger partial charge in [0.1, 0.15) is 11.4 Å². The molecule has 0 N–H and O–H groups in total. The van der Waals surface area contributed by atoms with E-state index in [1.54, 1.807) is 23.9 Å². The zero-order valence-corrected chi connectivity index (χ0v) is 14.5. The number of rotatable bonds is 6. The second kappa shape index (κ2) is 7.04. The third-order valence-electron chi connectivity index (χ3n) is 3.58. The van der Waals surface area contributed by atoms with Crippen molar-refractivity contribution < 1.29 is 9.13 Å². The molecule has 6 nitrogen and oxygen atoms in total. The number of ether oxygens (including phenoxy) is 1. The van der Waals surface area contributed by atoms with Crippen molar-refractivity contribution in [2.24, 2.45) is 7.05 Å². The van der Waals surface area contributed by atoms with Gasteiger partial charge in [-0.25, -0.2) is 4.39 Å². The molecule has 0 fully saturated rings. The molecule has 0 aliphatic heterocycles. The summed E-state index contributed by atoms with van der Waals surface area (Å²) in [6, 6.07) is 6.76. The lowest BCUT2D eigenvalue weighted by atomic mass is 10.2. The molecule has 2 heterocycles. The molecule has 24 heavy (non-hydrogen) atoms. The first-order valence-electron chi connectivity index (χ1n) is 7.51. The summed E-state index contributed by atoms with van der Waals surface area (Å²) in [7, 11) is 3.40. The standard InChI is InChI=1S/C16H18FN5OS/c1-4-22-14(12-9-21(2)20-15(12)23-3)18-19-16(22)24-10-11-7-5-6-8-13(11)17/h5-9H,4,10H2,1-3H3. The van der Waals surface area contributed by atoms with Gasteiger partial charge in [-0.1, -0.05) is 30.0 Å². The van der Waals surface area contributed by atoms with Gasteiger partial charge < -0.3 is 9.30 Å². The fourth-order valence-electron chi connectivity index (χ4n) is 2.41. The number of aryl methyl sites for hydroxylation is 1. The summed E-state index contributed by atoms with van der Waals surface area (Å²) in [5.41, 5.74) is 1.43. The topological polar surface area (TPSA) is 57.8 Å². The quantitative estimate of drug-likeness (QED) is 0.641. The second-order valence-electron chi connectivity index (χ2n) is 5.16. The van der Waals surface area contributed by atoms with Crippen LogP contribution in [-0.4, -0.2) is 31.7 Å². The first-order chi connectivity index (χ1) is 11.6. The van der Waals surface area contributed by atoms with E-state index in [1.807, 2.05) is 30.8 Å². The van der Waals surface area contributed by atoms with E-state index in [9.17, 15) is 4.39 Å². The van der Waals surface area contributed by atoms with Crippen LogP contribution in [0.2, 0.25) is 0 Å². The van der Waals surface area contributed by atoms with Crippen molar-refractivity contribution in [3.8, 4) is 17.3 Å². The van der Waals surface area contributed by atoms with Crippen LogP contribution in [0.5, 0.6) is 5.88 Å². The predicted molar refractivity (Wildman–Crippen MR) is 90.4 cm³/mol. The minimum absolute atomic E-state index is 0.207. The monoisotopic (exact) mass is 347 g/mol. The van der Waals surface area contributed by atoms with Crippen LogP contribution in [0.25, 0.3) is 11.4 Å². The molecule has 0 saturated carbocycles. The highest BCUT2D eigenvalue weighted by Crippen LogP contribution is 2.31. The fraction of sp³-hybridized carbons (Fsp3) is 0.312. The van der Waals surface area contributed by atoms with Gasteiger partial charge in [0.05, 0.1) is 7.11 Å². The molecule has 3 aromatic rings. The van der Waals surface area contributed by atoms with Crippen LogP contribution in [0.15, 0.2) is 35.6 Å². The van der Waals surface area contributed by atoms with Crippen molar-refractivity contribution in [2.45, 2.75) is 24.4 Å². The SMILES string of the molecule is CCn1c(SCc2ccccc2F)nnc1-c1cn(C)nc1OC. The third-order valence-corrected chi connectivity index (χ3v) is 4.59. The molecule has 0 aliphatic carbocycles. The Bertz CT molecular complexity index is 845. The number of nitrogens with zero attached hydrogens (tertiary/aromatic N) is 5. The molecule has 0 unspecified atom stereocenters. The smallest absolute Gasteiger partial charge is 0.243 e. The highest BCUT2D eigenvalue weighted by molar-refractivity contribution is 7.98. The maximum atomic E-state index is 13.8. The summed E-state index contributed by atoms with van der Waals surface area (Å²) in [4.78, 5) is 0. The molecule has 1 aromatic carbocycles. The van der Waals surface area contributed by atoms with Crippen molar-refractivity contribution in [3.63, 3.8) is 0 Å². The molecule has 8 heteroatoms. The fourth-order valence-corrected chi connectivity index (χ4v) is 3.40. The Morgan fingerprint density at radius 3 is 2.75 bits per heavy atom. The first kappa shape index (κ1) is 16.5. The number of hydrogen-bond donors (Lipinski definition) is 0. The number of methoxy groups -OCH3 is 1. The van der Waals surface area contributed by atoms with Crippen LogP contribution < -0.4 is 4.74 Å². The van der Waals surface area contributed by atoms with E-state index in [2.05, 4.69) is 15.3 Å². The average Bonchev–Trinajstić information content (AvgIpc) is 3.16. The predicted octanol–water partition coefficient (Wildman–Crippen LogP) is 3.14. The number of benzene rings is 1. The normalized spacial score (nSPS) is 11.0. The van der Waals surface area contributed by atoms with Gasteiger partial charge >= 0.3 is 0 Å². The molecule has 126 valence electrons.